The van der Waals surface area contributed by atoms with E-state index in [1.165, 1.54) is 6.92 Å². The van der Waals surface area contributed by atoms with Gasteiger partial charge < -0.3 is 26.6 Å². The summed E-state index contributed by atoms with van der Waals surface area (Å²) in [7, 11) is 0. The molecule has 0 fully saturated rings. The predicted octanol–water partition coefficient (Wildman–Crippen LogP) is -1.08. The number of aliphatic hydroxyl groups is 1. The van der Waals surface area contributed by atoms with Crippen LogP contribution in [0.3, 0.4) is 0 Å². The predicted molar refractivity (Wildman–Crippen MR) is 95.2 cm³/mol. The molecule has 0 heterocycles. The summed E-state index contributed by atoms with van der Waals surface area (Å²) in [4.78, 5) is 35.6. The third-order valence-electron chi connectivity index (χ3n) is 3.54. The van der Waals surface area contributed by atoms with Crippen LogP contribution in [0.15, 0.2) is 30.3 Å². The Morgan fingerprint density at radius 3 is 2.16 bits per heavy atom. The standard InChI is InChI=1S/C16H23N3O5S/c1-9(20)13(17)15(22)18-11(7-10-5-3-2-4-6-10)14(21)19-12(8-25)16(23)24/h2-6,9,11-13,20,25H,7-8,17H2,1H3,(H,18,22)(H,19,21)(H,23,24)/t9-,11+,12+,13+/m1/s1. The molecule has 138 valence electrons. The summed E-state index contributed by atoms with van der Waals surface area (Å²) in [6.45, 7) is 1.36. The van der Waals surface area contributed by atoms with Crippen molar-refractivity contribution in [2.75, 3.05) is 5.75 Å². The number of carboxylic acid groups (broad SMARTS) is 1. The van der Waals surface area contributed by atoms with Crippen molar-refractivity contribution >= 4 is 30.4 Å². The summed E-state index contributed by atoms with van der Waals surface area (Å²) in [5, 5.41) is 23.2. The molecule has 9 heteroatoms. The molecule has 0 radical (unpaired) electrons. The van der Waals surface area contributed by atoms with Crippen LogP contribution in [0, 0.1) is 0 Å². The number of aliphatic carboxylic acids is 1. The Labute approximate surface area is 151 Å². The Morgan fingerprint density at radius 1 is 1.12 bits per heavy atom. The van der Waals surface area contributed by atoms with Crippen molar-refractivity contribution < 1.29 is 24.6 Å². The average Bonchev–Trinajstić information content (AvgIpc) is 2.58. The topological polar surface area (TPSA) is 142 Å². The number of nitrogens with two attached hydrogens (primary N) is 1. The van der Waals surface area contributed by atoms with E-state index in [4.69, 9.17) is 10.8 Å². The van der Waals surface area contributed by atoms with Crippen molar-refractivity contribution in [1.29, 1.82) is 0 Å². The van der Waals surface area contributed by atoms with Crippen LogP contribution < -0.4 is 16.4 Å². The molecule has 2 amide bonds. The number of carboxylic acids is 1. The molecule has 1 rings (SSSR count). The third kappa shape index (κ3) is 6.73. The van der Waals surface area contributed by atoms with Crippen molar-refractivity contribution in [3.63, 3.8) is 0 Å². The number of benzene rings is 1. The van der Waals surface area contributed by atoms with Crippen LogP contribution in [0.2, 0.25) is 0 Å². The zero-order valence-corrected chi connectivity index (χ0v) is 14.6. The van der Waals surface area contributed by atoms with Gasteiger partial charge in [0.25, 0.3) is 0 Å². The van der Waals surface area contributed by atoms with Gasteiger partial charge in [0.1, 0.15) is 18.1 Å². The minimum absolute atomic E-state index is 0.0970. The smallest absolute Gasteiger partial charge is 0.327 e. The van der Waals surface area contributed by atoms with Crippen LogP contribution in [0.1, 0.15) is 12.5 Å². The summed E-state index contributed by atoms with van der Waals surface area (Å²) >= 11 is 3.89. The summed E-state index contributed by atoms with van der Waals surface area (Å²) < 4.78 is 0. The van der Waals surface area contributed by atoms with E-state index in [0.29, 0.717) is 0 Å². The number of nitrogens with one attached hydrogen (secondary N) is 2. The van der Waals surface area contributed by atoms with Gasteiger partial charge in [0.15, 0.2) is 0 Å². The van der Waals surface area contributed by atoms with Gasteiger partial charge in [0.05, 0.1) is 6.10 Å². The van der Waals surface area contributed by atoms with Crippen LogP contribution in [0.5, 0.6) is 0 Å². The first-order valence-corrected chi connectivity index (χ1v) is 8.31. The first-order chi connectivity index (χ1) is 11.8. The first kappa shape index (κ1) is 20.9. The van der Waals surface area contributed by atoms with Crippen LogP contribution in [0.25, 0.3) is 0 Å². The lowest BCUT2D eigenvalue weighted by atomic mass is 10.0. The van der Waals surface area contributed by atoms with E-state index in [1.54, 1.807) is 24.3 Å². The normalized spacial score (nSPS) is 15.5. The van der Waals surface area contributed by atoms with Gasteiger partial charge in [-0.05, 0) is 12.5 Å². The van der Waals surface area contributed by atoms with Crippen LogP contribution in [-0.4, -0.2) is 58.0 Å². The molecule has 0 saturated carbocycles. The van der Waals surface area contributed by atoms with Crippen molar-refractivity contribution in [1.82, 2.24) is 10.6 Å². The number of aliphatic hydroxyl groups excluding tert-OH is 1. The van der Waals surface area contributed by atoms with E-state index < -0.39 is 42.0 Å². The molecule has 0 unspecified atom stereocenters. The minimum atomic E-state index is -1.23. The van der Waals surface area contributed by atoms with E-state index >= 15 is 0 Å². The summed E-state index contributed by atoms with van der Waals surface area (Å²) in [5.41, 5.74) is 6.35. The molecule has 0 aliphatic rings. The molecule has 0 spiro atoms. The molecule has 0 saturated heterocycles. The van der Waals surface area contributed by atoms with Gasteiger partial charge in [-0.25, -0.2) is 4.79 Å². The van der Waals surface area contributed by atoms with Crippen molar-refractivity contribution in [2.24, 2.45) is 5.73 Å². The van der Waals surface area contributed by atoms with E-state index in [2.05, 4.69) is 23.3 Å². The maximum atomic E-state index is 12.4. The lowest BCUT2D eigenvalue weighted by Gasteiger charge is -2.23. The molecule has 1 aromatic rings. The van der Waals surface area contributed by atoms with E-state index in [-0.39, 0.29) is 12.2 Å². The molecule has 0 aromatic heterocycles. The van der Waals surface area contributed by atoms with Crippen LogP contribution in [0.4, 0.5) is 0 Å². The molecule has 0 bridgehead atoms. The number of amides is 2. The fraction of sp³-hybridized carbons (Fsp3) is 0.438. The fourth-order valence-electron chi connectivity index (χ4n) is 2.00. The number of thiol groups is 1. The highest BCUT2D eigenvalue weighted by molar-refractivity contribution is 7.80. The maximum absolute atomic E-state index is 12.4. The Balaban J connectivity index is 2.91. The zero-order valence-electron chi connectivity index (χ0n) is 13.8. The monoisotopic (exact) mass is 369 g/mol. The van der Waals surface area contributed by atoms with E-state index in [1.807, 2.05) is 6.07 Å². The third-order valence-corrected chi connectivity index (χ3v) is 3.90. The Kier molecular flexibility index (Phi) is 8.39. The maximum Gasteiger partial charge on any atom is 0.327 e. The highest BCUT2D eigenvalue weighted by Gasteiger charge is 2.28. The highest BCUT2D eigenvalue weighted by Crippen LogP contribution is 2.05. The highest BCUT2D eigenvalue weighted by atomic mass is 32.1. The van der Waals surface area contributed by atoms with E-state index in [9.17, 15) is 19.5 Å². The number of hydrogen-bond acceptors (Lipinski definition) is 6. The molecule has 6 N–H and O–H groups in total. The lowest BCUT2D eigenvalue weighted by Crippen LogP contribution is -2.57. The molecule has 4 atom stereocenters. The number of carbonyl (C=O) groups excluding carboxylic acids is 2. The molecular weight excluding hydrogens is 346 g/mol. The second-order valence-corrected chi connectivity index (χ2v) is 5.96. The van der Waals surface area contributed by atoms with Gasteiger partial charge in [-0.15, -0.1) is 0 Å². The number of hydrogen-bond donors (Lipinski definition) is 6. The first-order valence-electron chi connectivity index (χ1n) is 7.68. The largest absolute Gasteiger partial charge is 0.480 e. The molecule has 8 nitrogen and oxygen atoms in total. The van der Waals surface area contributed by atoms with Crippen LogP contribution >= 0.6 is 12.6 Å². The van der Waals surface area contributed by atoms with Gasteiger partial charge >= 0.3 is 5.97 Å². The van der Waals surface area contributed by atoms with Gasteiger partial charge in [-0.2, -0.15) is 12.6 Å². The quantitative estimate of drug-likeness (QED) is 0.306. The molecular formula is C16H23N3O5S. The number of carbonyl (C=O) groups is 3. The number of rotatable bonds is 9. The summed E-state index contributed by atoms with van der Waals surface area (Å²) in [6, 6.07) is 5.48. The summed E-state index contributed by atoms with van der Waals surface area (Å²) in [5.74, 6) is -2.70. The minimum Gasteiger partial charge on any atom is -0.480 e. The van der Waals surface area contributed by atoms with E-state index in [0.717, 1.165) is 5.56 Å². The van der Waals surface area contributed by atoms with Gasteiger partial charge in [-0.1, -0.05) is 30.3 Å². The zero-order chi connectivity index (χ0) is 19.0. The van der Waals surface area contributed by atoms with Gasteiger partial charge in [0, 0.05) is 12.2 Å². The van der Waals surface area contributed by atoms with Crippen molar-refractivity contribution in [3.8, 4) is 0 Å². The fourth-order valence-corrected chi connectivity index (χ4v) is 2.25. The Hall–Kier alpha value is -2.10. The molecule has 0 aliphatic heterocycles. The lowest BCUT2D eigenvalue weighted by molar-refractivity contribution is -0.141. The molecule has 25 heavy (non-hydrogen) atoms. The van der Waals surface area contributed by atoms with Gasteiger partial charge in [-0.3, -0.25) is 9.59 Å². The molecule has 0 aliphatic carbocycles. The van der Waals surface area contributed by atoms with Crippen molar-refractivity contribution in [2.45, 2.75) is 37.6 Å². The average molecular weight is 369 g/mol. The molecule has 1 aromatic carbocycles. The van der Waals surface area contributed by atoms with Gasteiger partial charge in [0.2, 0.25) is 11.8 Å². The SMILES string of the molecule is C[C@@H](O)[C@H](N)C(=O)N[C@@H](Cc1ccccc1)C(=O)N[C@@H](CS)C(=O)O. The summed E-state index contributed by atoms with van der Waals surface area (Å²) in [6.07, 6.45) is -0.950. The second-order valence-electron chi connectivity index (χ2n) is 5.60. The van der Waals surface area contributed by atoms with Crippen LogP contribution in [-0.2, 0) is 20.8 Å². The second kappa shape index (κ2) is 10.0. The van der Waals surface area contributed by atoms with Crippen molar-refractivity contribution in [3.05, 3.63) is 35.9 Å². The Bertz CT molecular complexity index is 597. The Morgan fingerprint density at radius 2 is 1.68 bits per heavy atom.